The van der Waals surface area contributed by atoms with Crippen LogP contribution in [0.1, 0.15) is 10.4 Å². The lowest BCUT2D eigenvalue weighted by Crippen LogP contribution is -2.42. The van der Waals surface area contributed by atoms with Crippen LogP contribution in [-0.2, 0) is 9.84 Å². The molecule has 142 valence electrons. The van der Waals surface area contributed by atoms with Crippen molar-refractivity contribution < 1.29 is 17.6 Å². The van der Waals surface area contributed by atoms with E-state index in [1.807, 2.05) is 0 Å². The molecular weight excluding hydrogens is 446 g/mol. The first-order valence-corrected chi connectivity index (χ1v) is 10.9. The molecule has 2 aromatic carbocycles. The van der Waals surface area contributed by atoms with Crippen LogP contribution < -0.4 is 10.5 Å². The topological polar surface area (TPSA) is 84.7 Å². The Morgan fingerprint density at radius 1 is 1.11 bits per heavy atom. The monoisotopic (exact) mass is 459 g/mol. The molecule has 4 rings (SSSR count). The zero-order valence-electron chi connectivity index (χ0n) is 14.4. The smallest absolute Gasteiger partial charge is 0.349 e. The van der Waals surface area contributed by atoms with Crippen LogP contribution in [0, 0.1) is 0 Å². The molecule has 0 spiro atoms. The lowest BCUT2D eigenvalue weighted by Gasteiger charge is -2.27. The maximum absolute atomic E-state index is 13.3. The number of rotatable bonds is 3. The molecule has 0 radical (unpaired) electrons. The van der Waals surface area contributed by atoms with Crippen molar-refractivity contribution in [3.8, 4) is 0 Å². The van der Waals surface area contributed by atoms with Crippen molar-refractivity contribution in [2.45, 2.75) is 6.04 Å². The average Bonchev–Trinajstić information content (AvgIpc) is 3.02. The van der Waals surface area contributed by atoms with Crippen LogP contribution in [0.3, 0.4) is 0 Å². The minimum atomic E-state index is -3.40. The van der Waals surface area contributed by atoms with Gasteiger partial charge >= 0.3 is 5.63 Å². The van der Waals surface area contributed by atoms with E-state index < -0.39 is 27.4 Å². The van der Waals surface area contributed by atoms with Crippen LogP contribution in [0.15, 0.2) is 79.8 Å². The molecule has 1 aliphatic rings. The van der Waals surface area contributed by atoms with Gasteiger partial charge in [-0.25, -0.2) is 13.2 Å². The van der Waals surface area contributed by atoms with Crippen molar-refractivity contribution in [3.05, 3.63) is 86.5 Å². The molecule has 1 atom stereocenters. The summed E-state index contributed by atoms with van der Waals surface area (Å²) in [6.07, 6.45) is 1.46. The molecular formula is C20H14BrNO5S. The number of carbonyl (C=O) groups excluding carboxylic acids is 1. The summed E-state index contributed by atoms with van der Waals surface area (Å²) in [5, 5.41) is 1.70. The number of benzene rings is 2. The molecule has 0 unspecified atom stereocenters. The Balaban J connectivity index is 1.83. The Bertz CT molecular complexity index is 1260. The SMILES string of the molecule is O=C(c1cc2ccccc2oc1=O)N(c1ccc(Br)cc1)[C@@H]1C=CS(=O)(=O)C1. The second-order valence-electron chi connectivity index (χ2n) is 6.36. The first kappa shape index (κ1) is 18.6. The Hall–Kier alpha value is -2.71. The molecule has 0 fully saturated rings. The van der Waals surface area contributed by atoms with Gasteiger partial charge in [0.25, 0.3) is 5.91 Å². The molecule has 6 nitrogen and oxygen atoms in total. The molecule has 1 aromatic heterocycles. The molecule has 1 aliphatic heterocycles. The fraction of sp³-hybridized carbons (Fsp3) is 0.100. The number of fused-ring (bicyclic) bond motifs is 1. The van der Waals surface area contributed by atoms with Crippen molar-refractivity contribution in [1.29, 1.82) is 0 Å². The number of nitrogens with zero attached hydrogens (tertiary/aromatic N) is 1. The molecule has 0 bridgehead atoms. The predicted octanol–water partition coefficient (Wildman–Crippen LogP) is 3.51. The van der Waals surface area contributed by atoms with Crippen LogP contribution in [0.5, 0.6) is 0 Å². The third-order valence-corrected chi connectivity index (χ3v) is 6.34. The van der Waals surface area contributed by atoms with E-state index in [2.05, 4.69) is 15.9 Å². The van der Waals surface area contributed by atoms with Gasteiger partial charge in [-0.15, -0.1) is 0 Å². The number of anilines is 1. The lowest BCUT2D eigenvalue weighted by molar-refractivity contribution is 0.0979. The first-order valence-electron chi connectivity index (χ1n) is 8.37. The largest absolute Gasteiger partial charge is 0.422 e. The summed E-state index contributed by atoms with van der Waals surface area (Å²) in [6.45, 7) is 0. The fourth-order valence-corrected chi connectivity index (χ4v) is 4.65. The van der Waals surface area contributed by atoms with E-state index in [0.717, 1.165) is 9.88 Å². The molecule has 0 saturated heterocycles. The maximum atomic E-state index is 13.3. The summed E-state index contributed by atoms with van der Waals surface area (Å²) in [5.74, 6) is -0.859. The third kappa shape index (κ3) is 3.53. The summed E-state index contributed by atoms with van der Waals surface area (Å²) in [5.41, 5.74) is -0.0648. The molecule has 0 aliphatic carbocycles. The first-order chi connectivity index (χ1) is 13.3. The molecule has 0 saturated carbocycles. The quantitative estimate of drug-likeness (QED) is 0.559. The van der Waals surface area contributed by atoms with E-state index in [1.165, 1.54) is 17.0 Å². The van der Waals surface area contributed by atoms with Crippen molar-refractivity contribution in [1.82, 2.24) is 0 Å². The zero-order valence-corrected chi connectivity index (χ0v) is 16.8. The fourth-order valence-electron chi connectivity index (χ4n) is 3.12. The number of hydrogen-bond donors (Lipinski definition) is 0. The molecule has 2 heterocycles. The summed E-state index contributed by atoms with van der Waals surface area (Å²) < 4.78 is 29.9. The van der Waals surface area contributed by atoms with Crippen LogP contribution in [0.4, 0.5) is 5.69 Å². The second kappa shape index (κ2) is 7.03. The van der Waals surface area contributed by atoms with E-state index in [-0.39, 0.29) is 11.3 Å². The number of halogens is 1. The van der Waals surface area contributed by atoms with Gasteiger partial charge in [0.05, 0.1) is 11.8 Å². The van der Waals surface area contributed by atoms with E-state index in [1.54, 1.807) is 48.5 Å². The van der Waals surface area contributed by atoms with E-state index >= 15 is 0 Å². The number of amides is 1. The Morgan fingerprint density at radius 3 is 2.50 bits per heavy atom. The summed E-state index contributed by atoms with van der Waals surface area (Å²) in [6, 6.07) is 14.5. The van der Waals surface area contributed by atoms with Gasteiger partial charge in [0.2, 0.25) is 0 Å². The minimum Gasteiger partial charge on any atom is -0.422 e. The van der Waals surface area contributed by atoms with Crippen LogP contribution in [0.25, 0.3) is 11.0 Å². The number of sulfone groups is 1. The molecule has 8 heteroatoms. The third-order valence-electron chi connectivity index (χ3n) is 4.44. The van der Waals surface area contributed by atoms with Gasteiger partial charge in [-0.2, -0.15) is 0 Å². The van der Waals surface area contributed by atoms with Gasteiger partial charge in [-0.1, -0.05) is 34.1 Å². The van der Waals surface area contributed by atoms with Crippen molar-refractivity contribution in [2.24, 2.45) is 0 Å². The van der Waals surface area contributed by atoms with Gasteiger partial charge < -0.3 is 9.32 Å². The van der Waals surface area contributed by atoms with E-state index in [0.29, 0.717) is 16.7 Å². The van der Waals surface area contributed by atoms with Gasteiger partial charge in [-0.05, 0) is 42.5 Å². The summed E-state index contributed by atoms with van der Waals surface area (Å²) in [4.78, 5) is 27.1. The predicted molar refractivity (Wildman–Crippen MR) is 110 cm³/mol. The highest BCUT2D eigenvalue weighted by Gasteiger charge is 2.33. The highest BCUT2D eigenvalue weighted by molar-refractivity contribution is 9.10. The van der Waals surface area contributed by atoms with Crippen LogP contribution >= 0.6 is 15.9 Å². The molecule has 1 amide bonds. The average molecular weight is 460 g/mol. The van der Waals surface area contributed by atoms with Gasteiger partial charge in [0.15, 0.2) is 9.84 Å². The van der Waals surface area contributed by atoms with Gasteiger partial charge in [0.1, 0.15) is 11.1 Å². The van der Waals surface area contributed by atoms with E-state index in [9.17, 15) is 18.0 Å². The highest BCUT2D eigenvalue weighted by Crippen LogP contribution is 2.26. The zero-order chi connectivity index (χ0) is 19.9. The number of carbonyl (C=O) groups is 1. The maximum Gasteiger partial charge on any atom is 0.349 e. The van der Waals surface area contributed by atoms with Crippen molar-refractivity contribution in [2.75, 3.05) is 10.7 Å². The van der Waals surface area contributed by atoms with E-state index in [4.69, 9.17) is 4.42 Å². The van der Waals surface area contributed by atoms with Gasteiger partial charge in [-0.3, -0.25) is 4.79 Å². The molecule has 28 heavy (non-hydrogen) atoms. The van der Waals surface area contributed by atoms with Crippen LogP contribution in [0.2, 0.25) is 0 Å². The Labute approximate surface area is 169 Å². The number of hydrogen-bond acceptors (Lipinski definition) is 5. The second-order valence-corrected chi connectivity index (χ2v) is 9.21. The van der Waals surface area contributed by atoms with Crippen molar-refractivity contribution in [3.63, 3.8) is 0 Å². The highest BCUT2D eigenvalue weighted by atomic mass is 79.9. The minimum absolute atomic E-state index is 0.153. The molecule has 0 N–H and O–H groups in total. The summed E-state index contributed by atoms with van der Waals surface area (Å²) in [7, 11) is -3.40. The lowest BCUT2D eigenvalue weighted by atomic mass is 10.1. The number of para-hydroxylation sites is 1. The standard InChI is InChI=1S/C20H14BrNO5S/c21-14-5-7-15(8-6-14)22(16-9-10-28(25,26)12-16)19(23)17-11-13-3-1-2-4-18(13)27-20(17)24/h1-11,16H,12H2/t16-/m1/s1. The van der Waals surface area contributed by atoms with Crippen molar-refractivity contribution >= 4 is 48.3 Å². The summed E-state index contributed by atoms with van der Waals surface area (Å²) >= 11 is 3.34. The van der Waals surface area contributed by atoms with Crippen LogP contribution in [-0.4, -0.2) is 26.1 Å². The Kier molecular flexibility index (Phi) is 4.68. The molecule has 3 aromatic rings. The Morgan fingerprint density at radius 2 is 1.82 bits per heavy atom. The normalized spacial score (nSPS) is 17.7. The van der Waals surface area contributed by atoms with Gasteiger partial charge in [0, 0.05) is 21.0 Å².